The first-order valence-corrected chi connectivity index (χ1v) is 7.54. The molecular formula is C19H17ClO2. The van der Waals surface area contributed by atoms with Gasteiger partial charge in [-0.2, -0.15) is 0 Å². The molecule has 2 aromatic carbocycles. The van der Waals surface area contributed by atoms with Crippen molar-refractivity contribution in [2.24, 2.45) is 0 Å². The van der Waals surface area contributed by atoms with Crippen LogP contribution in [0.25, 0.3) is 0 Å². The van der Waals surface area contributed by atoms with Gasteiger partial charge in [0.2, 0.25) is 0 Å². The summed E-state index contributed by atoms with van der Waals surface area (Å²) >= 11 is 6.19. The Bertz CT molecular complexity index is 662. The normalized spacial score (nSPS) is 12.2. The van der Waals surface area contributed by atoms with Crippen LogP contribution in [0.5, 0.6) is 0 Å². The van der Waals surface area contributed by atoms with E-state index in [1.807, 2.05) is 48.5 Å². The highest BCUT2D eigenvalue weighted by Gasteiger charge is 2.12. The summed E-state index contributed by atoms with van der Waals surface area (Å²) in [6.45, 7) is 0. The maximum absolute atomic E-state index is 12.0. The van der Waals surface area contributed by atoms with Crippen molar-refractivity contribution in [1.82, 2.24) is 0 Å². The van der Waals surface area contributed by atoms with Crippen molar-refractivity contribution in [3.05, 3.63) is 82.9 Å². The summed E-state index contributed by atoms with van der Waals surface area (Å²) in [7, 11) is 0. The molecule has 0 bridgehead atoms. The Labute approximate surface area is 135 Å². The van der Waals surface area contributed by atoms with Crippen LogP contribution < -0.4 is 0 Å². The minimum Gasteiger partial charge on any atom is -0.303 e. The molecule has 0 saturated carbocycles. The molecule has 0 unspecified atom stereocenters. The predicted molar refractivity (Wildman–Crippen MR) is 89.4 cm³/mol. The van der Waals surface area contributed by atoms with E-state index in [9.17, 15) is 9.59 Å². The van der Waals surface area contributed by atoms with E-state index in [-0.39, 0.29) is 11.7 Å². The number of benzene rings is 2. The zero-order valence-corrected chi connectivity index (χ0v) is 12.9. The van der Waals surface area contributed by atoms with Gasteiger partial charge in [-0.1, -0.05) is 66.2 Å². The predicted octanol–water partition coefficient (Wildman–Crippen LogP) is 4.84. The third-order valence-electron chi connectivity index (χ3n) is 3.47. The minimum absolute atomic E-state index is 0.00831. The smallest absolute Gasteiger partial charge is 0.185 e. The summed E-state index contributed by atoms with van der Waals surface area (Å²) in [5.41, 5.74) is 1.59. The highest BCUT2D eigenvalue weighted by Crippen LogP contribution is 2.29. The van der Waals surface area contributed by atoms with E-state index in [0.29, 0.717) is 23.4 Å². The lowest BCUT2D eigenvalue weighted by atomic mass is 9.92. The van der Waals surface area contributed by atoms with Gasteiger partial charge in [-0.3, -0.25) is 4.79 Å². The Hall–Kier alpha value is -2.19. The van der Waals surface area contributed by atoms with Crippen LogP contribution in [-0.2, 0) is 4.79 Å². The van der Waals surface area contributed by atoms with Crippen molar-refractivity contribution in [2.45, 2.75) is 18.8 Å². The zero-order chi connectivity index (χ0) is 15.8. The summed E-state index contributed by atoms with van der Waals surface area (Å²) in [5.74, 6) is -0.0457. The number of hydrogen-bond donors (Lipinski definition) is 0. The number of hydrogen-bond acceptors (Lipinski definition) is 2. The van der Waals surface area contributed by atoms with Gasteiger partial charge < -0.3 is 4.79 Å². The van der Waals surface area contributed by atoms with E-state index in [2.05, 4.69) is 0 Å². The molecule has 2 rings (SSSR count). The van der Waals surface area contributed by atoms with Gasteiger partial charge in [0.25, 0.3) is 0 Å². The van der Waals surface area contributed by atoms with Crippen LogP contribution in [0.2, 0.25) is 5.02 Å². The van der Waals surface area contributed by atoms with E-state index < -0.39 is 0 Å². The summed E-state index contributed by atoms with van der Waals surface area (Å²) in [6.07, 6.45) is 5.24. The number of rotatable bonds is 7. The molecule has 0 radical (unpaired) electrons. The van der Waals surface area contributed by atoms with Crippen LogP contribution >= 0.6 is 11.6 Å². The monoisotopic (exact) mass is 312 g/mol. The summed E-state index contributed by atoms with van der Waals surface area (Å²) in [5, 5.41) is 0.650. The first kappa shape index (κ1) is 16.2. The van der Waals surface area contributed by atoms with Crippen LogP contribution in [-0.4, -0.2) is 12.1 Å². The molecule has 22 heavy (non-hydrogen) atoms. The zero-order valence-electron chi connectivity index (χ0n) is 12.1. The van der Waals surface area contributed by atoms with E-state index in [0.717, 1.165) is 11.8 Å². The Morgan fingerprint density at radius 1 is 1.00 bits per heavy atom. The van der Waals surface area contributed by atoms with Gasteiger partial charge in [0, 0.05) is 17.0 Å². The van der Waals surface area contributed by atoms with Crippen molar-refractivity contribution in [3.63, 3.8) is 0 Å². The molecule has 0 aromatic heterocycles. The van der Waals surface area contributed by atoms with Crippen molar-refractivity contribution in [1.29, 1.82) is 0 Å². The highest BCUT2D eigenvalue weighted by atomic mass is 35.5. The lowest BCUT2D eigenvalue weighted by Gasteiger charge is -2.13. The number of carbonyl (C=O) groups is 2. The molecule has 0 spiro atoms. The van der Waals surface area contributed by atoms with Gasteiger partial charge >= 0.3 is 0 Å². The molecule has 3 heteroatoms. The van der Waals surface area contributed by atoms with Gasteiger partial charge in [-0.05, 0) is 30.0 Å². The number of allylic oxidation sites excluding steroid dienone is 2. The van der Waals surface area contributed by atoms with E-state index in [1.54, 1.807) is 18.2 Å². The molecule has 0 amide bonds. The lowest BCUT2D eigenvalue weighted by Crippen LogP contribution is -2.00. The van der Waals surface area contributed by atoms with Gasteiger partial charge in [-0.15, -0.1) is 0 Å². The standard InChI is InChI=1S/C19H17ClO2/c20-18-11-5-4-10-17(18)15(13-14-21)9-6-12-19(22)16-7-2-1-3-8-16/h1-8,10-12,14-15H,9,13H2/b12-6+/t15-/m1/s1. The van der Waals surface area contributed by atoms with Crippen LogP contribution in [0.4, 0.5) is 0 Å². The SMILES string of the molecule is O=CC[C@@H](C/C=C/C(=O)c1ccccc1)c1ccccc1Cl. The van der Waals surface area contributed by atoms with E-state index in [4.69, 9.17) is 11.6 Å². The van der Waals surface area contributed by atoms with Crippen LogP contribution in [0.15, 0.2) is 66.7 Å². The average molecular weight is 313 g/mol. The molecule has 0 aliphatic carbocycles. The lowest BCUT2D eigenvalue weighted by molar-refractivity contribution is -0.108. The number of aldehydes is 1. The quantitative estimate of drug-likeness (QED) is 0.416. The Morgan fingerprint density at radius 3 is 2.36 bits per heavy atom. The van der Waals surface area contributed by atoms with Crippen molar-refractivity contribution < 1.29 is 9.59 Å². The topological polar surface area (TPSA) is 34.1 Å². The number of halogens is 1. The molecule has 0 fully saturated rings. The molecule has 112 valence electrons. The molecule has 2 aromatic rings. The Balaban J connectivity index is 2.06. The second-order valence-electron chi connectivity index (χ2n) is 4.99. The van der Waals surface area contributed by atoms with Crippen molar-refractivity contribution in [2.75, 3.05) is 0 Å². The molecule has 0 saturated heterocycles. The number of ketones is 1. The number of carbonyl (C=O) groups excluding carboxylic acids is 2. The molecule has 2 nitrogen and oxygen atoms in total. The molecule has 0 heterocycles. The van der Waals surface area contributed by atoms with Gasteiger partial charge in [-0.25, -0.2) is 0 Å². The maximum atomic E-state index is 12.0. The fourth-order valence-electron chi connectivity index (χ4n) is 2.31. The van der Waals surface area contributed by atoms with E-state index in [1.165, 1.54) is 0 Å². The third kappa shape index (κ3) is 4.40. The molecule has 1 atom stereocenters. The fourth-order valence-corrected chi connectivity index (χ4v) is 2.60. The van der Waals surface area contributed by atoms with Crippen molar-refractivity contribution in [3.8, 4) is 0 Å². The van der Waals surface area contributed by atoms with Crippen LogP contribution in [0.3, 0.4) is 0 Å². The van der Waals surface area contributed by atoms with Crippen LogP contribution in [0, 0.1) is 0 Å². The Morgan fingerprint density at radius 2 is 1.68 bits per heavy atom. The summed E-state index contributed by atoms with van der Waals surface area (Å²) < 4.78 is 0. The van der Waals surface area contributed by atoms with E-state index >= 15 is 0 Å². The van der Waals surface area contributed by atoms with Gasteiger partial charge in [0.1, 0.15) is 6.29 Å². The van der Waals surface area contributed by atoms with Crippen LogP contribution in [0.1, 0.15) is 34.7 Å². The van der Waals surface area contributed by atoms with Gasteiger partial charge in [0.15, 0.2) is 5.78 Å². The second-order valence-corrected chi connectivity index (χ2v) is 5.40. The third-order valence-corrected chi connectivity index (χ3v) is 3.82. The minimum atomic E-state index is -0.0374. The van der Waals surface area contributed by atoms with Crippen molar-refractivity contribution >= 4 is 23.7 Å². The Kier molecular flexibility index (Phi) is 6.11. The summed E-state index contributed by atoms with van der Waals surface area (Å²) in [6, 6.07) is 16.6. The molecule has 0 aliphatic rings. The largest absolute Gasteiger partial charge is 0.303 e. The first-order chi connectivity index (χ1) is 10.7. The van der Waals surface area contributed by atoms with Gasteiger partial charge in [0.05, 0.1) is 0 Å². The molecule has 0 N–H and O–H groups in total. The molecule has 0 aliphatic heterocycles. The maximum Gasteiger partial charge on any atom is 0.185 e. The highest BCUT2D eigenvalue weighted by molar-refractivity contribution is 6.31. The fraction of sp³-hybridized carbons (Fsp3) is 0.158. The first-order valence-electron chi connectivity index (χ1n) is 7.16. The summed E-state index contributed by atoms with van der Waals surface area (Å²) in [4.78, 5) is 22.9. The second kappa shape index (κ2) is 8.30. The molecular weight excluding hydrogens is 296 g/mol. The average Bonchev–Trinajstić information content (AvgIpc) is 2.55.